The molecule has 152 valence electrons. The van der Waals surface area contributed by atoms with Crippen LogP contribution in [0.1, 0.15) is 20.8 Å². The van der Waals surface area contributed by atoms with Crippen LogP contribution in [0.2, 0.25) is 5.15 Å². The van der Waals surface area contributed by atoms with Gasteiger partial charge in [0.05, 0.1) is 17.4 Å². The van der Waals surface area contributed by atoms with Gasteiger partial charge in [0.15, 0.2) is 0 Å². The number of halogens is 3. The first kappa shape index (κ1) is 20.5. The summed E-state index contributed by atoms with van der Waals surface area (Å²) in [6.45, 7) is 3.73. The standard InChI is InChI=1S/C18H20ClF2N3O4/c1-17(2,3)28-16(25)24-8-11(27-18(20,21)10-24)9-26-15-12-5-4-6-22-13(12)7-14(19)23-15/h4-7,11H,8-10H2,1-3H3/t11-/m0/s1. The maximum absolute atomic E-state index is 14.0. The number of pyridine rings is 2. The normalized spacial score (nSPS) is 19.5. The lowest BCUT2D eigenvalue weighted by atomic mass is 10.2. The Morgan fingerprint density at radius 3 is 2.93 bits per heavy atom. The van der Waals surface area contributed by atoms with Crippen molar-refractivity contribution < 1.29 is 27.8 Å². The van der Waals surface area contributed by atoms with Crippen LogP contribution in [0.15, 0.2) is 24.4 Å². The highest BCUT2D eigenvalue weighted by Gasteiger charge is 2.44. The SMILES string of the molecule is CC(C)(C)OC(=O)N1C[C@@H](COc2nc(Cl)cc3ncccc23)OC(F)(F)C1. The first-order valence-corrected chi connectivity index (χ1v) is 8.98. The lowest BCUT2D eigenvalue weighted by Crippen LogP contribution is -2.55. The van der Waals surface area contributed by atoms with Crippen LogP contribution in [0.3, 0.4) is 0 Å². The minimum Gasteiger partial charge on any atom is -0.474 e. The van der Waals surface area contributed by atoms with E-state index in [0.717, 1.165) is 4.90 Å². The van der Waals surface area contributed by atoms with Gasteiger partial charge in [0.25, 0.3) is 0 Å². The Hall–Kier alpha value is -2.26. The van der Waals surface area contributed by atoms with E-state index in [2.05, 4.69) is 9.97 Å². The molecule has 0 bridgehead atoms. The summed E-state index contributed by atoms with van der Waals surface area (Å²) in [7, 11) is 0. The molecule has 0 saturated carbocycles. The molecule has 3 heterocycles. The third-order valence-electron chi connectivity index (χ3n) is 3.73. The lowest BCUT2D eigenvalue weighted by Gasteiger charge is -2.37. The van der Waals surface area contributed by atoms with E-state index in [4.69, 9.17) is 25.8 Å². The van der Waals surface area contributed by atoms with Crippen molar-refractivity contribution in [2.24, 2.45) is 0 Å². The molecule has 0 unspecified atom stereocenters. The number of carbonyl (C=O) groups excluding carboxylic acids is 1. The predicted octanol–water partition coefficient (Wildman–Crippen LogP) is 3.89. The van der Waals surface area contributed by atoms with Gasteiger partial charge in [-0.1, -0.05) is 11.6 Å². The van der Waals surface area contributed by atoms with Gasteiger partial charge in [0.2, 0.25) is 5.88 Å². The molecule has 1 aliphatic rings. The Kier molecular flexibility index (Phi) is 5.58. The summed E-state index contributed by atoms with van der Waals surface area (Å²) in [5.74, 6) is 0.150. The van der Waals surface area contributed by atoms with E-state index >= 15 is 0 Å². The molecule has 1 aliphatic heterocycles. The van der Waals surface area contributed by atoms with Gasteiger partial charge in [0.1, 0.15) is 30.0 Å². The maximum Gasteiger partial charge on any atom is 0.410 e. The summed E-state index contributed by atoms with van der Waals surface area (Å²) in [4.78, 5) is 21.3. The minimum atomic E-state index is -3.52. The number of alkyl halides is 2. The van der Waals surface area contributed by atoms with Crippen LogP contribution in [0.4, 0.5) is 13.6 Å². The molecule has 1 amide bonds. The number of hydrogen-bond acceptors (Lipinski definition) is 6. The van der Waals surface area contributed by atoms with Gasteiger partial charge < -0.3 is 14.2 Å². The number of nitrogens with zero attached hydrogens (tertiary/aromatic N) is 3. The zero-order valence-corrected chi connectivity index (χ0v) is 16.4. The molecule has 7 nitrogen and oxygen atoms in total. The molecular weight excluding hydrogens is 396 g/mol. The predicted molar refractivity (Wildman–Crippen MR) is 97.7 cm³/mol. The van der Waals surface area contributed by atoms with Crippen molar-refractivity contribution in [3.8, 4) is 5.88 Å². The molecule has 0 radical (unpaired) electrons. The number of carbonyl (C=O) groups is 1. The highest BCUT2D eigenvalue weighted by Crippen LogP contribution is 2.28. The largest absolute Gasteiger partial charge is 0.474 e. The van der Waals surface area contributed by atoms with E-state index in [1.54, 1.807) is 45.2 Å². The zero-order valence-electron chi connectivity index (χ0n) is 15.6. The Balaban J connectivity index is 1.72. The number of ether oxygens (including phenoxy) is 3. The summed E-state index contributed by atoms with van der Waals surface area (Å²) < 4.78 is 43.5. The molecule has 0 N–H and O–H groups in total. The van der Waals surface area contributed by atoms with E-state index in [9.17, 15) is 13.6 Å². The smallest absolute Gasteiger partial charge is 0.410 e. The van der Waals surface area contributed by atoms with Gasteiger partial charge >= 0.3 is 12.2 Å². The molecule has 3 rings (SSSR count). The van der Waals surface area contributed by atoms with Crippen LogP contribution in [-0.2, 0) is 9.47 Å². The topological polar surface area (TPSA) is 73.8 Å². The van der Waals surface area contributed by atoms with Gasteiger partial charge in [-0.15, -0.1) is 0 Å². The molecule has 0 aliphatic carbocycles. The van der Waals surface area contributed by atoms with Crippen molar-refractivity contribution in [1.29, 1.82) is 0 Å². The van der Waals surface area contributed by atoms with Crippen LogP contribution < -0.4 is 4.74 Å². The second-order valence-corrected chi connectivity index (χ2v) is 7.76. The molecule has 0 aromatic carbocycles. The lowest BCUT2D eigenvalue weighted by molar-refractivity contribution is -0.295. The van der Waals surface area contributed by atoms with Gasteiger partial charge in [-0.05, 0) is 32.9 Å². The summed E-state index contributed by atoms with van der Waals surface area (Å²) in [5.41, 5.74) is -0.240. The third kappa shape index (κ3) is 5.17. The van der Waals surface area contributed by atoms with E-state index in [-0.39, 0.29) is 24.2 Å². The first-order valence-electron chi connectivity index (χ1n) is 8.60. The maximum atomic E-state index is 14.0. The number of fused-ring (bicyclic) bond motifs is 1. The van der Waals surface area contributed by atoms with Crippen molar-refractivity contribution in [1.82, 2.24) is 14.9 Å². The van der Waals surface area contributed by atoms with Crippen LogP contribution in [0.5, 0.6) is 5.88 Å². The highest BCUT2D eigenvalue weighted by molar-refractivity contribution is 6.30. The van der Waals surface area contributed by atoms with E-state index < -0.39 is 30.5 Å². The van der Waals surface area contributed by atoms with Crippen LogP contribution in [0, 0.1) is 0 Å². The minimum absolute atomic E-state index is 0.110. The molecule has 28 heavy (non-hydrogen) atoms. The van der Waals surface area contributed by atoms with E-state index in [1.165, 1.54) is 0 Å². The van der Waals surface area contributed by atoms with Crippen LogP contribution >= 0.6 is 11.6 Å². The second-order valence-electron chi connectivity index (χ2n) is 7.37. The molecule has 2 aromatic heterocycles. The number of amides is 1. The Labute approximate surface area is 165 Å². The Morgan fingerprint density at radius 2 is 2.21 bits per heavy atom. The summed E-state index contributed by atoms with van der Waals surface area (Å²) in [6.07, 6.45) is -3.85. The molecule has 1 saturated heterocycles. The average Bonchev–Trinajstić information content (AvgIpc) is 2.56. The van der Waals surface area contributed by atoms with Crippen LogP contribution in [0.25, 0.3) is 10.9 Å². The van der Waals surface area contributed by atoms with Crippen molar-refractivity contribution in [2.45, 2.75) is 38.6 Å². The molecule has 2 aromatic rings. The number of hydrogen-bond donors (Lipinski definition) is 0. The van der Waals surface area contributed by atoms with Gasteiger partial charge in [-0.3, -0.25) is 9.88 Å². The molecule has 1 atom stereocenters. The number of morpholine rings is 1. The number of aromatic nitrogens is 2. The average molecular weight is 416 g/mol. The number of rotatable bonds is 3. The van der Waals surface area contributed by atoms with Crippen LogP contribution in [-0.4, -0.2) is 58.5 Å². The monoisotopic (exact) mass is 415 g/mol. The van der Waals surface area contributed by atoms with Crippen molar-refractivity contribution in [2.75, 3.05) is 19.7 Å². The summed E-state index contributed by atoms with van der Waals surface area (Å²) in [6, 6.07) is 4.99. The zero-order chi connectivity index (χ0) is 20.5. The van der Waals surface area contributed by atoms with Gasteiger partial charge in [0, 0.05) is 12.3 Å². The van der Waals surface area contributed by atoms with Gasteiger partial charge in [-0.25, -0.2) is 9.78 Å². The molecule has 0 spiro atoms. The summed E-state index contributed by atoms with van der Waals surface area (Å²) >= 11 is 5.97. The summed E-state index contributed by atoms with van der Waals surface area (Å²) in [5, 5.41) is 0.741. The van der Waals surface area contributed by atoms with E-state index in [1.807, 2.05) is 0 Å². The van der Waals surface area contributed by atoms with Crippen molar-refractivity contribution in [3.63, 3.8) is 0 Å². The molecule has 1 fully saturated rings. The first-order chi connectivity index (χ1) is 13.0. The van der Waals surface area contributed by atoms with Crippen molar-refractivity contribution in [3.05, 3.63) is 29.5 Å². The van der Waals surface area contributed by atoms with Gasteiger partial charge in [-0.2, -0.15) is 8.78 Å². The van der Waals surface area contributed by atoms with E-state index in [0.29, 0.717) is 10.9 Å². The fourth-order valence-electron chi connectivity index (χ4n) is 2.70. The van der Waals surface area contributed by atoms with Crippen molar-refractivity contribution >= 4 is 28.6 Å². The highest BCUT2D eigenvalue weighted by atomic mass is 35.5. The quantitative estimate of drug-likeness (QED) is 0.708. The fourth-order valence-corrected chi connectivity index (χ4v) is 2.88. The molecular formula is C18H20ClF2N3O4. The Morgan fingerprint density at radius 1 is 1.46 bits per heavy atom. The molecule has 10 heteroatoms. The second kappa shape index (κ2) is 7.63. The fraction of sp³-hybridized carbons (Fsp3) is 0.500. The Bertz CT molecular complexity index is 876. The third-order valence-corrected chi connectivity index (χ3v) is 3.92.